The summed E-state index contributed by atoms with van der Waals surface area (Å²) in [6, 6.07) is 16.5. The van der Waals surface area contributed by atoms with E-state index in [2.05, 4.69) is 10.3 Å². The second-order valence-corrected chi connectivity index (χ2v) is 8.94. The summed E-state index contributed by atoms with van der Waals surface area (Å²) in [5.41, 5.74) is 4.01. The normalized spacial score (nSPS) is 10.9. The van der Waals surface area contributed by atoms with Gasteiger partial charge in [-0.15, -0.1) is 11.3 Å². The Kier molecular flexibility index (Phi) is 6.11. The summed E-state index contributed by atoms with van der Waals surface area (Å²) in [5.74, 6) is 0. The van der Waals surface area contributed by atoms with Crippen LogP contribution in [-0.2, 0) is 13.1 Å². The minimum absolute atomic E-state index is 0.184. The van der Waals surface area contributed by atoms with Gasteiger partial charge in [0.15, 0.2) is 0 Å². The molecule has 0 saturated heterocycles. The minimum Gasteiger partial charge on any atom is -0.321 e. The number of aromatic nitrogens is 1. The number of rotatable bonds is 5. The quantitative estimate of drug-likeness (QED) is 0.385. The van der Waals surface area contributed by atoms with Gasteiger partial charge in [0.2, 0.25) is 0 Å². The highest BCUT2D eigenvalue weighted by atomic mass is 35.5. The number of carbonyl (C=O) groups is 1. The fourth-order valence-electron chi connectivity index (χ4n) is 3.42. The average molecular weight is 452 g/mol. The van der Waals surface area contributed by atoms with Crippen LogP contribution in [0, 0.1) is 13.8 Å². The number of pyridine rings is 1. The van der Waals surface area contributed by atoms with E-state index in [1.165, 1.54) is 0 Å². The second kappa shape index (κ2) is 8.96. The molecule has 2 aromatic carbocycles. The molecular formula is C24H22ClN3O2S. The van der Waals surface area contributed by atoms with Gasteiger partial charge in [-0.25, -0.2) is 4.79 Å². The van der Waals surface area contributed by atoms with E-state index in [4.69, 9.17) is 11.6 Å². The molecule has 4 aromatic rings. The van der Waals surface area contributed by atoms with Crippen molar-refractivity contribution in [3.8, 4) is 0 Å². The summed E-state index contributed by atoms with van der Waals surface area (Å²) in [5, 5.41) is 6.42. The number of aromatic amines is 1. The first-order chi connectivity index (χ1) is 14.9. The van der Waals surface area contributed by atoms with E-state index in [-0.39, 0.29) is 18.1 Å². The highest BCUT2D eigenvalue weighted by molar-refractivity contribution is 7.09. The predicted molar refractivity (Wildman–Crippen MR) is 128 cm³/mol. The van der Waals surface area contributed by atoms with Crippen LogP contribution in [0.25, 0.3) is 10.9 Å². The van der Waals surface area contributed by atoms with Gasteiger partial charge in [0.1, 0.15) is 0 Å². The average Bonchev–Trinajstić information content (AvgIpc) is 3.26. The van der Waals surface area contributed by atoms with Crippen molar-refractivity contribution in [2.45, 2.75) is 26.9 Å². The third kappa shape index (κ3) is 4.81. The van der Waals surface area contributed by atoms with Gasteiger partial charge in [0, 0.05) is 21.2 Å². The zero-order chi connectivity index (χ0) is 22.0. The molecule has 0 bridgehead atoms. The van der Waals surface area contributed by atoms with Crippen LogP contribution < -0.4 is 10.9 Å². The Bertz CT molecular complexity index is 1280. The predicted octanol–water partition coefficient (Wildman–Crippen LogP) is 6.09. The summed E-state index contributed by atoms with van der Waals surface area (Å²) < 4.78 is 0. The molecule has 7 heteroatoms. The summed E-state index contributed by atoms with van der Waals surface area (Å²) in [4.78, 5) is 31.6. The van der Waals surface area contributed by atoms with Gasteiger partial charge in [-0.3, -0.25) is 4.79 Å². The van der Waals surface area contributed by atoms with Crippen molar-refractivity contribution in [1.29, 1.82) is 0 Å². The topological polar surface area (TPSA) is 65.2 Å². The molecule has 2 heterocycles. The van der Waals surface area contributed by atoms with Crippen LogP contribution in [-0.4, -0.2) is 15.9 Å². The Morgan fingerprint density at radius 3 is 2.58 bits per heavy atom. The number of hydrogen-bond donors (Lipinski definition) is 2. The van der Waals surface area contributed by atoms with E-state index in [0.29, 0.717) is 22.8 Å². The maximum atomic E-state index is 13.1. The first-order valence-corrected chi connectivity index (χ1v) is 11.1. The standard InChI is InChI=1S/C24H22ClN3O2S/c1-15-5-6-17-12-18(23(29)27-22(17)16(15)2)13-28(14-21-4-3-11-31-21)24(30)26-20-9-7-19(25)8-10-20/h3-12H,13-14H2,1-2H3,(H,26,30)(H,27,29). The Morgan fingerprint density at radius 1 is 1.10 bits per heavy atom. The molecule has 0 fully saturated rings. The highest BCUT2D eigenvalue weighted by Gasteiger charge is 2.18. The van der Waals surface area contributed by atoms with Crippen molar-refractivity contribution < 1.29 is 4.79 Å². The summed E-state index contributed by atoms with van der Waals surface area (Å²) >= 11 is 7.51. The van der Waals surface area contributed by atoms with Crippen LogP contribution >= 0.6 is 22.9 Å². The number of amides is 2. The zero-order valence-electron chi connectivity index (χ0n) is 17.2. The Morgan fingerprint density at radius 2 is 1.87 bits per heavy atom. The molecule has 4 rings (SSSR count). The van der Waals surface area contributed by atoms with Crippen LogP contribution in [0.4, 0.5) is 10.5 Å². The van der Waals surface area contributed by atoms with Crippen molar-refractivity contribution in [2.24, 2.45) is 0 Å². The lowest BCUT2D eigenvalue weighted by molar-refractivity contribution is 0.207. The lowest BCUT2D eigenvalue weighted by Crippen LogP contribution is -2.35. The van der Waals surface area contributed by atoms with Gasteiger partial charge < -0.3 is 15.2 Å². The van der Waals surface area contributed by atoms with Gasteiger partial charge >= 0.3 is 6.03 Å². The monoisotopic (exact) mass is 451 g/mol. The van der Waals surface area contributed by atoms with Crippen LogP contribution in [0.2, 0.25) is 5.02 Å². The molecule has 0 saturated carbocycles. The minimum atomic E-state index is -0.282. The van der Waals surface area contributed by atoms with Crippen molar-refractivity contribution >= 4 is 45.6 Å². The third-order valence-electron chi connectivity index (χ3n) is 5.30. The second-order valence-electron chi connectivity index (χ2n) is 7.47. The van der Waals surface area contributed by atoms with Crippen LogP contribution in [0.3, 0.4) is 0 Å². The van der Waals surface area contributed by atoms with Crippen molar-refractivity contribution in [2.75, 3.05) is 5.32 Å². The lowest BCUT2D eigenvalue weighted by Gasteiger charge is -2.23. The summed E-state index contributed by atoms with van der Waals surface area (Å²) in [7, 11) is 0. The highest BCUT2D eigenvalue weighted by Crippen LogP contribution is 2.21. The molecule has 0 radical (unpaired) electrons. The maximum absolute atomic E-state index is 13.1. The largest absolute Gasteiger partial charge is 0.322 e. The van der Waals surface area contributed by atoms with Gasteiger partial charge in [-0.2, -0.15) is 0 Å². The number of aryl methyl sites for hydroxylation is 2. The van der Waals surface area contributed by atoms with Gasteiger partial charge in [0.05, 0.1) is 18.6 Å². The van der Waals surface area contributed by atoms with Crippen LogP contribution in [0.1, 0.15) is 21.6 Å². The first kappa shape index (κ1) is 21.2. The molecule has 0 aliphatic carbocycles. The van der Waals surface area contributed by atoms with Gasteiger partial charge in [-0.1, -0.05) is 29.8 Å². The molecule has 2 N–H and O–H groups in total. The number of thiophene rings is 1. The molecular weight excluding hydrogens is 430 g/mol. The van der Waals surface area contributed by atoms with E-state index in [1.807, 2.05) is 49.6 Å². The number of fused-ring (bicyclic) bond motifs is 1. The number of carbonyl (C=O) groups excluding carboxylic acids is 1. The summed E-state index contributed by atoms with van der Waals surface area (Å²) in [6.07, 6.45) is 0. The van der Waals surface area contributed by atoms with E-state index < -0.39 is 0 Å². The number of nitrogens with one attached hydrogen (secondary N) is 2. The fraction of sp³-hybridized carbons (Fsp3) is 0.167. The molecule has 158 valence electrons. The van der Waals surface area contributed by atoms with Crippen molar-refractivity contribution in [1.82, 2.24) is 9.88 Å². The fourth-order valence-corrected chi connectivity index (χ4v) is 4.26. The number of hydrogen-bond acceptors (Lipinski definition) is 3. The Hall–Kier alpha value is -3.09. The molecule has 5 nitrogen and oxygen atoms in total. The number of H-pyrrole nitrogens is 1. The Balaban J connectivity index is 1.64. The third-order valence-corrected chi connectivity index (χ3v) is 6.41. The SMILES string of the molecule is Cc1ccc2cc(CN(Cc3cccs3)C(=O)Nc3ccc(Cl)cc3)c(=O)[nH]c2c1C. The molecule has 2 amide bonds. The molecule has 2 aromatic heterocycles. The zero-order valence-corrected chi connectivity index (χ0v) is 18.8. The van der Waals surface area contributed by atoms with E-state index in [0.717, 1.165) is 26.9 Å². The lowest BCUT2D eigenvalue weighted by atomic mass is 10.0. The number of urea groups is 1. The van der Waals surface area contributed by atoms with Gasteiger partial charge in [-0.05, 0) is 72.1 Å². The van der Waals surface area contributed by atoms with Crippen molar-refractivity contribution in [3.63, 3.8) is 0 Å². The van der Waals surface area contributed by atoms with E-state index in [1.54, 1.807) is 40.5 Å². The molecule has 0 aliphatic rings. The van der Waals surface area contributed by atoms with Gasteiger partial charge in [0.25, 0.3) is 5.56 Å². The number of halogens is 1. The smallest absolute Gasteiger partial charge is 0.321 e. The summed E-state index contributed by atoms with van der Waals surface area (Å²) in [6.45, 7) is 4.61. The van der Waals surface area contributed by atoms with Crippen LogP contribution in [0.5, 0.6) is 0 Å². The maximum Gasteiger partial charge on any atom is 0.322 e. The molecule has 0 aliphatic heterocycles. The molecule has 0 unspecified atom stereocenters. The number of nitrogens with zero attached hydrogens (tertiary/aromatic N) is 1. The molecule has 31 heavy (non-hydrogen) atoms. The number of benzene rings is 2. The molecule has 0 atom stereocenters. The first-order valence-electron chi connectivity index (χ1n) is 9.86. The molecule has 0 spiro atoms. The van der Waals surface area contributed by atoms with Crippen LogP contribution in [0.15, 0.2) is 64.8 Å². The Labute approximate surface area is 189 Å². The number of anilines is 1. The van der Waals surface area contributed by atoms with E-state index in [9.17, 15) is 9.59 Å². The van der Waals surface area contributed by atoms with E-state index >= 15 is 0 Å². The van der Waals surface area contributed by atoms with Crippen molar-refractivity contribution in [3.05, 3.63) is 96.9 Å².